The Balaban J connectivity index is 2.15. The van der Waals surface area contributed by atoms with Gasteiger partial charge in [0.2, 0.25) is 5.75 Å². The molecule has 0 aliphatic heterocycles. The second kappa shape index (κ2) is 11.3. The Morgan fingerprint density at radius 2 is 1.61 bits per heavy atom. The van der Waals surface area contributed by atoms with Gasteiger partial charge in [-0.25, -0.2) is 0 Å². The number of thiazole rings is 1. The first kappa shape index (κ1) is 24.8. The highest BCUT2D eigenvalue weighted by Gasteiger charge is 2.19. The van der Waals surface area contributed by atoms with Crippen molar-refractivity contribution >= 4 is 27.5 Å². The number of carbonyl (C=O) groups excluding carboxylic acids is 1. The number of methoxy groups -OCH3 is 1. The van der Waals surface area contributed by atoms with Gasteiger partial charge in [0.05, 0.1) is 36.6 Å². The van der Waals surface area contributed by atoms with E-state index in [1.165, 1.54) is 16.9 Å². The predicted octanol–water partition coefficient (Wildman–Crippen LogP) is 4.90. The summed E-state index contributed by atoms with van der Waals surface area (Å²) in [7, 11) is 1.67. The number of hydrogen-bond acceptors (Lipinski definition) is 6. The molecule has 1 amide bonds. The molecule has 1 aromatic heterocycles. The van der Waals surface area contributed by atoms with E-state index in [2.05, 4.69) is 35.5 Å². The van der Waals surface area contributed by atoms with E-state index in [0.717, 1.165) is 15.8 Å². The number of fused-ring (bicyclic) bond motifs is 1. The van der Waals surface area contributed by atoms with Gasteiger partial charge in [-0.2, -0.15) is 4.99 Å². The van der Waals surface area contributed by atoms with Crippen LogP contribution < -0.4 is 19.0 Å². The molecule has 0 bridgehead atoms. The Hall–Kier alpha value is -2.84. The fraction of sp³-hybridized carbons (Fsp3) is 0.440. The number of carbonyl (C=O) groups is 1. The zero-order valence-electron chi connectivity index (χ0n) is 20.2. The van der Waals surface area contributed by atoms with Crippen LogP contribution in [0.2, 0.25) is 0 Å². The van der Waals surface area contributed by atoms with E-state index in [4.69, 9.17) is 18.9 Å². The van der Waals surface area contributed by atoms with Gasteiger partial charge < -0.3 is 23.5 Å². The molecule has 178 valence electrons. The van der Waals surface area contributed by atoms with Crippen molar-refractivity contribution in [1.29, 1.82) is 0 Å². The minimum absolute atomic E-state index is 0.368. The van der Waals surface area contributed by atoms with Crippen LogP contribution in [0.15, 0.2) is 29.3 Å². The molecule has 3 rings (SSSR count). The number of rotatable bonds is 10. The second-order valence-electron chi connectivity index (χ2n) is 7.48. The van der Waals surface area contributed by atoms with Crippen LogP contribution in [-0.2, 0) is 11.3 Å². The van der Waals surface area contributed by atoms with Crippen LogP contribution in [0.4, 0.5) is 0 Å². The number of benzene rings is 2. The van der Waals surface area contributed by atoms with Crippen molar-refractivity contribution in [1.82, 2.24) is 4.57 Å². The summed E-state index contributed by atoms with van der Waals surface area (Å²) in [6, 6.07) is 7.60. The van der Waals surface area contributed by atoms with Gasteiger partial charge in [-0.3, -0.25) is 4.79 Å². The quantitative estimate of drug-likeness (QED) is 0.420. The first-order valence-electron chi connectivity index (χ1n) is 11.2. The molecular weight excluding hydrogens is 440 g/mol. The van der Waals surface area contributed by atoms with Crippen molar-refractivity contribution in [3.05, 3.63) is 45.8 Å². The second-order valence-corrected chi connectivity index (χ2v) is 8.48. The van der Waals surface area contributed by atoms with E-state index in [0.29, 0.717) is 60.6 Å². The van der Waals surface area contributed by atoms with E-state index < -0.39 is 0 Å². The van der Waals surface area contributed by atoms with E-state index in [1.807, 2.05) is 20.8 Å². The lowest BCUT2D eigenvalue weighted by Gasteiger charge is -2.16. The molecule has 1 heterocycles. The molecule has 0 unspecified atom stereocenters. The lowest BCUT2D eigenvalue weighted by atomic mass is 10.1. The zero-order valence-corrected chi connectivity index (χ0v) is 21.0. The Bertz CT molecular complexity index is 1170. The van der Waals surface area contributed by atoms with Gasteiger partial charge >= 0.3 is 0 Å². The van der Waals surface area contributed by atoms with Gasteiger partial charge in [-0.15, -0.1) is 0 Å². The monoisotopic (exact) mass is 472 g/mol. The molecule has 0 aliphatic carbocycles. The summed E-state index contributed by atoms with van der Waals surface area (Å²) in [6.45, 7) is 12.3. The molecule has 3 aromatic rings. The minimum Gasteiger partial charge on any atom is -0.490 e. The summed E-state index contributed by atoms with van der Waals surface area (Å²) < 4.78 is 25.7. The Kier molecular flexibility index (Phi) is 8.52. The smallest absolute Gasteiger partial charge is 0.279 e. The van der Waals surface area contributed by atoms with Gasteiger partial charge in [0, 0.05) is 19.2 Å². The first-order chi connectivity index (χ1) is 15.9. The number of hydrogen-bond donors (Lipinski definition) is 0. The highest BCUT2D eigenvalue weighted by molar-refractivity contribution is 7.16. The highest BCUT2D eigenvalue weighted by Crippen LogP contribution is 2.39. The highest BCUT2D eigenvalue weighted by atomic mass is 32.1. The summed E-state index contributed by atoms with van der Waals surface area (Å²) in [5.74, 6) is 1.07. The summed E-state index contributed by atoms with van der Waals surface area (Å²) in [6.07, 6.45) is 0. The molecule has 0 saturated heterocycles. The molecule has 0 fully saturated rings. The van der Waals surface area contributed by atoms with Gasteiger partial charge in [-0.1, -0.05) is 17.4 Å². The molecular formula is C25H32N2O5S. The Labute approximate surface area is 198 Å². The van der Waals surface area contributed by atoms with Gasteiger partial charge in [0.15, 0.2) is 16.3 Å². The third-order valence-corrected chi connectivity index (χ3v) is 6.01. The van der Waals surface area contributed by atoms with E-state index >= 15 is 0 Å². The molecule has 0 saturated carbocycles. The zero-order chi connectivity index (χ0) is 24.0. The van der Waals surface area contributed by atoms with Crippen LogP contribution in [0, 0.1) is 13.8 Å². The third-order valence-electron chi connectivity index (χ3n) is 4.98. The topological polar surface area (TPSA) is 71.3 Å². The van der Waals surface area contributed by atoms with E-state index in [1.54, 1.807) is 19.2 Å². The summed E-state index contributed by atoms with van der Waals surface area (Å²) >= 11 is 1.50. The standard InChI is InChI=1S/C25H32N2O5S/c1-7-30-19-14-18(15-20(31-8-2)23(19)32-9-3)24(28)26-25-27(10-11-29-6)22-17(5)12-16(4)13-21(22)33-25/h12-15H,7-11H2,1-6H3. The lowest BCUT2D eigenvalue weighted by molar-refractivity contribution is 0.0996. The lowest BCUT2D eigenvalue weighted by Crippen LogP contribution is -2.20. The van der Waals surface area contributed by atoms with Crippen molar-refractivity contribution in [3.63, 3.8) is 0 Å². The van der Waals surface area contributed by atoms with E-state index in [9.17, 15) is 4.79 Å². The van der Waals surface area contributed by atoms with Crippen molar-refractivity contribution < 1.29 is 23.7 Å². The third kappa shape index (κ3) is 5.57. The van der Waals surface area contributed by atoms with Crippen LogP contribution in [0.25, 0.3) is 10.2 Å². The minimum atomic E-state index is -0.368. The number of aromatic nitrogens is 1. The maximum Gasteiger partial charge on any atom is 0.279 e. The molecule has 0 radical (unpaired) electrons. The number of ether oxygens (including phenoxy) is 4. The average molecular weight is 473 g/mol. The Morgan fingerprint density at radius 1 is 0.970 bits per heavy atom. The van der Waals surface area contributed by atoms with Crippen LogP contribution in [0.3, 0.4) is 0 Å². The molecule has 0 N–H and O–H groups in total. The molecule has 2 aromatic carbocycles. The fourth-order valence-electron chi connectivity index (χ4n) is 3.73. The van der Waals surface area contributed by atoms with Crippen molar-refractivity contribution in [2.75, 3.05) is 33.5 Å². The normalized spacial score (nSPS) is 11.8. The van der Waals surface area contributed by atoms with Crippen molar-refractivity contribution in [2.45, 2.75) is 41.2 Å². The maximum atomic E-state index is 13.3. The van der Waals surface area contributed by atoms with Crippen LogP contribution in [0.5, 0.6) is 17.2 Å². The first-order valence-corrected chi connectivity index (χ1v) is 12.0. The van der Waals surface area contributed by atoms with Crippen LogP contribution in [-0.4, -0.2) is 44.0 Å². The molecule has 8 heteroatoms. The molecule has 33 heavy (non-hydrogen) atoms. The molecule has 0 spiro atoms. The number of amides is 1. The van der Waals surface area contributed by atoms with Gasteiger partial charge in [0.25, 0.3) is 5.91 Å². The summed E-state index contributed by atoms with van der Waals surface area (Å²) in [5.41, 5.74) is 3.77. The summed E-state index contributed by atoms with van der Waals surface area (Å²) in [5, 5.41) is 0. The van der Waals surface area contributed by atoms with Crippen LogP contribution >= 0.6 is 11.3 Å². The van der Waals surface area contributed by atoms with Gasteiger partial charge in [0.1, 0.15) is 0 Å². The molecule has 0 atom stereocenters. The molecule has 0 aliphatic rings. The predicted molar refractivity (Wildman–Crippen MR) is 131 cm³/mol. The van der Waals surface area contributed by atoms with Crippen molar-refractivity contribution in [3.8, 4) is 17.2 Å². The van der Waals surface area contributed by atoms with Crippen molar-refractivity contribution in [2.24, 2.45) is 4.99 Å². The fourth-order valence-corrected chi connectivity index (χ4v) is 4.96. The average Bonchev–Trinajstić information content (AvgIpc) is 3.11. The number of nitrogens with zero attached hydrogens (tertiary/aromatic N) is 2. The number of aryl methyl sites for hydroxylation is 2. The summed E-state index contributed by atoms with van der Waals surface area (Å²) in [4.78, 5) is 18.4. The molecule has 7 nitrogen and oxygen atoms in total. The maximum absolute atomic E-state index is 13.3. The van der Waals surface area contributed by atoms with Crippen LogP contribution in [0.1, 0.15) is 42.3 Å². The van der Waals surface area contributed by atoms with E-state index in [-0.39, 0.29) is 5.91 Å². The Morgan fingerprint density at radius 3 is 2.18 bits per heavy atom. The van der Waals surface area contributed by atoms with Gasteiger partial charge in [-0.05, 0) is 63.9 Å². The largest absolute Gasteiger partial charge is 0.490 e. The SMILES string of the molecule is CCOc1cc(C(=O)N=c2sc3cc(C)cc(C)c3n2CCOC)cc(OCC)c1OCC.